The molecule has 0 spiro atoms. The van der Waals surface area contributed by atoms with E-state index in [2.05, 4.69) is 21.2 Å². The fourth-order valence-electron chi connectivity index (χ4n) is 2.07. The Morgan fingerprint density at radius 3 is 2.87 bits per heavy atom. The summed E-state index contributed by atoms with van der Waals surface area (Å²) in [6.45, 7) is 0.767. The monoisotopic (exact) mass is 269 g/mol. The lowest BCUT2D eigenvalue weighted by Gasteiger charge is -2.17. The van der Waals surface area contributed by atoms with Crippen molar-refractivity contribution in [1.29, 1.82) is 0 Å². The second-order valence-corrected chi connectivity index (χ2v) is 4.54. The number of rotatable bonds is 2. The summed E-state index contributed by atoms with van der Waals surface area (Å²) in [6.07, 6.45) is 0.875. The number of benzene rings is 1. The molecular formula is C11H12BrNO2. The van der Waals surface area contributed by atoms with Crippen LogP contribution in [0.15, 0.2) is 28.7 Å². The Bertz CT molecular complexity index is 381. The van der Waals surface area contributed by atoms with Crippen molar-refractivity contribution in [3.8, 4) is 0 Å². The second kappa shape index (κ2) is 4.33. The van der Waals surface area contributed by atoms with Crippen LogP contribution in [0.5, 0.6) is 0 Å². The van der Waals surface area contributed by atoms with Gasteiger partial charge in [0.2, 0.25) is 0 Å². The summed E-state index contributed by atoms with van der Waals surface area (Å²) in [5.41, 5.74) is 1.08. The highest BCUT2D eigenvalue weighted by Crippen LogP contribution is 2.32. The molecule has 1 fully saturated rings. The Morgan fingerprint density at radius 1 is 1.47 bits per heavy atom. The van der Waals surface area contributed by atoms with Crippen LogP contribution in [-0.2, 0) is 4.79 Å². The molecule has 1 saturated heterocycles. The lowest BCUT2D eigenvalue weighted by atomic mass is 9.92. The van der Waals surface area contributed by atoms with Gasteiger partial charge in [0.25, 0.3) is 0 Å². The average molecular weight is 270 g/mol. The van der Waals surface area contributed by atoms with Gasteiger partial charge < -0.3 is 10.4 Å². The van der Waals surface area contributed by atoms with Crippen LogP contribution in [0.25, 0.3) is 0 Å². The Morgan fingerprint density at radius 2 is 2.20 bits per heavy atom. The number of carboxylic acid groups (broad SMARTS) is 1. The molecule has 2 rings (SSSR count). The van der Waals surface area contributed by atoms with Crippen molar-refractivity contribution >= 4 is 21.9 Å². The number of aliphatic carboxylic acids is 1. The van der Waals surface area contributed by atoms with Crippen molar-refractivity contribution < 1.29 is 9.90 Å². The van der Waals surface area contributed by atoms with Gasteiger partial charge in [-0.15, -0.1) is 0 Å². The highest BCUT2D eigenvalue weighted by Gasteiger charge is 2.34. The summed E-state index contributed by atoms with van der Waals surface area (Å²) in [5, 5.41) is 12.1. The summed E-state index contributed by atoms with van der Waals surface area (Å²) >= 11 is 3.46. The summed E-state index contributed by atoms with van der Waals surface area (Å²) in [7, 11) is 0. The standard InChI is InChI=1S/C11H12BrNO2/c12-9-4-2-1-3-7(9)8-5-6-13-10(8)11(14)15/h1-4,8,10,13H,5-6H2,(H,14,15)/t8-,10+/m0/s1. The topological polar surface area (TPSA) is 49.3 Å². The van der Waals surface area contributed by atoms with Crippen LogP contribution in [0, 0.1) is 0 Å². The molecule has 15 heavy (non-hydrogen) atoms. The number of carbonyl (C=O) groups is 1. The molecule has 0 aromatic heterocycles. The third-order valence-electron chi connectivity index (χ3n) is 2.79. The van der Waals surface area contributed by atoms with Crippen LogP contribution >= 0.6 is 15.9 Å². The van der Waals surface area contributed by atoms with E-state index in [1.807, 2.05) is 24.3 Å². The van der Waals surface area contributed by atoms with E-state index >= 15 is 0 Å². The molecule has 1 aliphatic heterocycles. The van der Waals surface area contributed by atoms with Crippen LogP contribution in [0.4, 0.5) is 0 Å². The van der Waals surface area contributed by atoms with Crippen LogP contribution in [0.1, 0.15) is 17.9 Å². The summed E-state index contributed by atoms with van der Waals surface area (Å²) in [6, 6.07) is 7.36. The second-order valence-electron chi connectivity index (χ2n) is 3.69. The molecule has 0 unspecified atom stereocenters. The molecule has 3 nitrogen and oxygen atoms in total. The highest BCUT2D eigenvalue weighted by atomic mass is 79.9. The van der Waals surface area contributed by atoms with E-state index in [-0.39, 0.29) is 5.92 Å². The predicted molar refractivity (Wildman–Crippen MR) is 60.9 cm³/mol. The third kappa shape index (κ3) is 2.06. The molecule has 1 aromatic carbocycles. The lowest BCUT2D eigenvalue weighted by Crippen LogP contribution is -2.34. The van der Waals surface area contributed by atoms with Gasteiger partial charge >= 0.3 is 5.97 Å². The van der Waals surface area contributed by atoms with Gasteiger partial charge in [-0.3, -0.25) is 4.79 Å². The normalized spacial score (nSPS) is 25.4. The number of nitrogens with one attached hydrogen (secondary N) is 1. The molecule has 0 saturated carbocycles. The van der Waals surface area contributed by atoms with Crippen molar-refractivity contribution in [2.24, 2.45) is 0 Å². The van der Waals surface area contributed by atoms with E-state index < -0.39 is 12.0 Å². The minimum atomic E-state index is -0.770. The maximum absolute atomic E-state index is 11.0. The molecule has 0 aliphatic carbocycles. The van der Waals surface area contributed by atoms with Crippen LogP contribution < -0.4 is 5.32 Å². The van der Waals surface area contributed by atoms with Crippen molar-refractivity contribution in [2.45, 2.75) is 18.4 Å². The molecule has 0 amide bonds. The molecule has 1 aromatic rings. The minimum absolute atomic E-state index is 0.0677. The van der Waals surface area contributed by atoms with Crippen molar-refractivity contribution in [1.82, 2.24) is 5.32 Å². The molecule has 1 aliphatic rings. The van der Waals surface area contributed by atoms with Gasteiger partial charge in [-0.05, 0) is 24.6 Å². The Labute approximate surface area is 96.6 Å². The zero-order valence-electron chi connectivity index (χ0n) is 8.11. The SMILES string of the molecule is O=C(O)[C@@H]1NCC[C@H]1c1ccccc1Br. The van der Waals surface area contributed by atoms with E-state index in [1.165, 1.54) is 0 Å². The van der Waals surface area contributed by atoms with Gasteiger partial charge in [-0.1, -0.05) is 34.1 Å². The predicted octanol–water partition coefficient (Wildman–Crippen LogP) is 1.98. The molecule has 4 heteroatoms. The Hall–Kier alpha value is -0.870. The lowest BCUT2D eigenvalue weighted by molar-refractivity contribution is -0.139. The third-order valence-corrected chi connectivity index (χ3v) is 3.51. The van der Waals surface area contributed by atoms with Crippen molar-refractivity contribution in [2.75, 3.05) is 6.54 Å². The zero-order chi connectivity index (χ0) is 10.8. The zero-order valence-corrected chi connectivity index (χ0v) is 9.70. The van der Waals surface area contributed by atoms with E-state index in [0.29, 0.717) is 0 Å². The van der Waals surface area contributed by atoms with Crippen LogP contribution in [-0.4, -0.2) is 23.7 Å². The number of hydrogen-bond acceptors (Lipinski definition) is 2. The number of carboxylic acids is 1. The molecule has 80 valence electrons. The maximum Gasteiger partial charge on any atom is 0.321 e. The van der Waals surface area contributed by atoms with E-state index in [1.54, 1.807) is 0 Å². The molecule has 0 bridgehead atoms. The molecular weight excluding hydrogens is 258 g/mol. The first-order valence-electron chi connectivity index (χ1n) is 4.91. The van der Waals surface area contributed by atoms with Gasteiger partial charge in [-0.25, -0.2) is 0 Å². The number of hydrogen-bond donors (Lipinski definition) is 2. The first-order chi connectivity index (χ1) is 7.20. The van der Waals surface area contributed by atoms with Crippen molar-refractivity contribution in [3.05, 3.63) is 34.3 Å². The largest absolute Gasteiger partial charge is 0.480 e. The van der Waals surface area contributed by atoms with Crippen LogP contribution in [0.3, 0.4) is 0 Å². The minimum Gasteiger partial charge on any atom is -0.480 e. The first kappa shape index (κ1) is 10.6. The average Bonchev–Trinajstić information content (AvgIpc) is 2.67. The molecule has 2 N–H and O–H groups in total. The van der Waals surface area contributed by atoms with Gasteiger partial charge in [-0.2, -0.15) is 0 Å². The van der Waals surface area contributed by atoms with Gasteiger partial charge in [0.1, 0.15) is 6.04 Å². The summed E-state index contributed by atoms with van der Waals surface area (Å²) in [4.78, 5) is 11.0. The van der Waals surface area contributed by atoms with E-state index in [9.17, 15) is 4.79 Å². The Balaban J connectivity index is 2.30. The quantitative estimate of drug-likeness (QED) is 0.863. The van der Waals surface area contributed by atoms with Gasteiger partial charge in [0.05, 0.1) is 0 Å². The summed E-state index contributed by atoms with van der Waals surface area (Å²) < 4.78 is 0.991. The molecule has 2 atom stereocenters. The maximum atomic E-state index is 11.0. The van der Waals surface area contributed by atoms with Gasteiger partial charge in [0, 0.05) is 10.4 Å². The first-order valence-corrected chi connectivity index (χ1v) is 5.70. The van der Waals surface area contributed by atoms with E-state index in [4.69, 9.17) is 5.11 Å². The smallest absolute Gasteiger partial charge is 0.321 e. The molecule has 1 heterocycles. The number of halogens is 1. The highest BCUT2D eigenvalue weighted by molar-refractivity contribution is 9.10. The fourth-order valence-corrected chi connectivity index (χ4v) is 2.65. The molecule has 0 radical (unpaired) electrons. The van der Waals surface area contributed by atoms with Gasteiger partial charge in [0.15, 0.2) is 0 Å². The summed E-state index contributed by atoms with van der Waals surface area (Å²) in [5.74, 6) is -0.702. The van der Waals surface area contributed by atoms with Crippen LogP contribution in [0.2, 0.25) is 0 Å². The van der Waals surface area contributed by atoms with Crippen molar-refractivity contribution in [3.63, 3.8) is 0 Å². The fraction of sp³-hybridized carbons (Fsp3) is 0.364. The Kier molecular flexibility index (Phi) is 3.07. The van der Waals surface area contributed by atoms with E-state index in [0.717, 1.165) is 23.0 Å².